The number of nitrogens with one attached hydrogen (secondary N) is 1. The zero-order valence-electron chi connectivity index (χ0n) is 10.5. The predicted octanol–water partition coefficient (Wildman–Crippen LogP) is 2.49. The third-order valence-corrected chi connectivity index (χ3v) is 3.73. The van der Waals surface area contributed by atoms with E-state index in [4.69, 9.17) is 0 Å². The Bertz CT molecular complexity index is 451. The van der Waals surface area contributed by atoms with E-state index in [1.807, 2.05) is 13.8 Å². The number of pyridine rings is 1. The van der Waals surface area contributed by atoms with Gasteiger partial charge < -0.3 is 10.4 Å². The van der Waals surface area contributed by atoms with Crippen LogP contribution in [0.5, 0.6) is 0 Å². The number of anilines is 1. The molecule has 1 atom stereocenters. The minimum absolute atomic E-state index is 0.0260. The van der Waals surface area contributed by atoms with Gasteiger partial charge in [-0.25, -0.2) is 4.98 Å². The minimum Gasteiger partial charge on any atom is -0.394 e. The summed E-state index contributed by atoms with van der Waals surface area (Å²) >= 11 is 3.30. The maximum Gasteiger partial charge on any atom is 0.291 e. The van der Waals surface area contributed by atoms with E-state index in [9.17, 15) is 15.2 Å². The standard InChI is InChI=1S/C11H16BrN3O3/c1-6(2)8(5-16)14-11-10(12)7(3)9(4-13-11)15(17)18/h4,6,8,16H,5H2,1-3H3,(H,13,14)/t8-/m1/s1. The van der Waals surface area contributed by atoms with Gasteiger partial charge in [0.15, 0.2) is 0 Å². The summed E-state index contributed by atoms with van der Waals surface area (Å²) in [5, 5.41) is 23.1. The largest absolute Gasteiger partial charge is 0.394 e. The van der Waals surface area contributed by atoms with E-state index in [1.54, 1.807) is 6.92 Å². The Hall–Kier alpha value is -1.21. The van der Waals surface area contributed by atoms with Gasteiger partial charge in [0.05, 0.1) is 22.0 Å². The molecule has 1 aromatic rings. The second-order valence-electron chi connectivity index (χ2n) is 4.37. The van der Waals surface area contributed by atoms with Gasteiger partial charge in [-0.2, -0.15) is 0 Å². The van der Waals surface area contributed by atoms with Gasteiger partial charge in [-0.05, 0) is 28.8 Å². The van der Waals surface area contributed by atoms with Crippen molar-refractivity contribution in [2.45, 2.75) is 26.8 Å². The van der Waals surface area contributed by atoms with Crippen molar-refractivity contribution in [1.29, 1.82) is 0 Å². The number of aliphatic hydroxyl groups excluding tert-OH is 1. The highest BCUT2D eigenvalue weighted by atomic mass is 79.9. The number of aromatic nitrogens is 1. The van der Waals surface area contributed by atoms with Crippen LogP contribution in [0.1, 0.15) is 19.4 Å². The molecule has 0 spiro atoms. The first-order chi connectivity index (χ1) is 8.38. The Labute approximate surface area is 114 Å². The molecule has 0 radical (unpaired) electrons. The molecule has 0 fully saturated rings. The second-order valence-corrected chi connectivity index (χ2v) is 5.16. The van der Waals surface area contributed by atoms with E-state index in [0.717, 1.165) is 0 Å². The predicted molar refractivity (Wildman–Crippen MR) is 72.7 cm³/mol. The van der Waals surface area contributed by atoms with Crippen LogP contribution in [0.15, 0.2) is 10.7 Å². The van der Waals surface area contributed by atoms with Gasteiger partial charge in [-0.3, -0.25) is 10.1 Å². The summed E-state index contributed by atoms with van der Waals surface area (Å²) in [5.74, 6) is 0.727. The Morgan fingerprint density at radius 3 is 2.67 bits per heavy atom. The van der Waals surface area contributed by atoms with E-state index >= 15 is 0 Å². The van der Waals surface area contributed by atoms with E-state index in [0.29, 0.717) is 15.9 Å². The monoisotopic (exact) mass is 317 g/mol. The van der Waals surface area contributed by atoms with E-state index in [2.05, 4.69) is 26.2 Å². The zero-order valence-corrected chi connectivity index (χ0v) is 12.1. The molecule has 1 heterocycles. The molecule has 0 saturated heterocycles. The molecule has 0 amide bonds. The number of nitrogens with zero attached hydrogens (tertiary/aromatic N) is 2. The lowest BCUT2D eigenvalue weighted by molar-refractivity contribution is -0.385. The maximum atomic E-state index is 10.8. The van der Waals surface area contributed by atoms with E-state index in [-0.39, 0.29) is 24.3 Å². The maximum absolute atomic E-state index is 10.8. The molecule has 6 nitrogen and oxygen atoms in total. The number of nitro groups is 1. The zero-order chi connectivity index (χ0) is 13.9. The van der Waals surface area contributed by atoms with Gasteiger partial charge in [-0.1, -0.05) is 13.8 Å². The molecular weight excluding hydrogens is 302 g/mol. The molecule has 0 aliphatic heterocycles. The lowest BCUT2D eigenvalue weighted by Gasteiger charge is -2.21. The van der Waals surface area contributed by atoms with Crippen molar-refractivity contribution >= 4 is 27.4 Å². The number of rotatable bonds is 5. The van der Waals surface area contributed by atoms with Crippen LogP contribution in [-0.2, 0) is 0 Å². The number of hydrogen-bond acceptors (Lipinski definition) is 5. The molecule has 100 valence electrons. The minimum atomic E-state index is -0.469. The van der Waals surface area contributed by atoms with Crippen LogP contribution in [0.4, 0.5) is 11.5 Å². The molecule has 18 heavy (non-hydrogen) atoms. The van der Waals surface area contributed by atoms with Crippen molar-refractivity contribution in [3.63, 3.8) is 0 Å². The smallest absolute Gasteiger partial charge is 0.291 e. The first kappa shape index (κ1) is 14.8. The highest BCUT2D eigenvalue weighted by molar-refractivity contribution is 9.10. The van der Waals surface area contributed by atoms with Gasteiger partial charge in [0.25, 0.3) is 5.69 Å². The van der Waals surface area contributed by atoms with Gasteiger partial charge in [0, 0.05) is 5.56 Å². The highest BCUT2D eigenvalue weighted by Gasteiger charge is 2.20. The Balaban J connectivity index is 3.05. The fourth-order valence-electron chi connectivity index (χ4n) is 1.45. The average molecular weight is 318 g/mol. The normalized spacial score (nSPS) is 12.6. The van der Waals surface area contributed by atoms with Crippen LogP contribution >= 0.6 is 15.9 Å². The number of halogens is 1. The van der Waals surface area contributed by atoms with Crippen LogP contribution in [0.25, 0.3) is 0 Å². The Morgan fingerprint density at radius 2 is 2.22 bits per heavy atom. The topological polar surface area (TPSA) is 88.3 Å². The molecular formula is C11H16BrN3O3. The molecule has 0 unspecified atom stereocenters. The first-order valence-corrected chi connectivity index (χ1v) is 6.34. The van der Waals surface area contributed by atoms with Crippen molar-refractivity contribution < 1.29 is 10.0 Å². The molecule has 1 aromatic heterocycles. The van der Waals surface area contributed by atoms with Crippen molar-refractivity contribution in [1.82, 2.24) is 4.98 Å². The summed E-state index contributed by atoms with van der Waals surface area (Å²) in [6.07, 6.45) is 1.22. The number of hydrogen-bond donors (Lipinski definition) is 2. The van der Waals surface area contributed by atoms with Crippen molar-refractivity contribution in [3.8, 4) is 0 Å². The van der Waals surface area contributed by atoms with Crippen molar-refractivity contribution in [2.24, 2.45) is 5.92 Å². The quantitative estimate of drug-likeness (QED) is 0.643. The van der Waals surface area contributed by atoms with Crippen LogP contribution in [-0.4, -0.2) is 27.7 Å². The molecule has 0 aromatic carbocycles. The van der Waals surface area contributed by atoms with Gasteiger partial charge in [0.1, 0.15) is 12.0 Å². The summed E-state index contributed by atoms with van der Waals surface area (Å²) in [5.41, 5.74) is 0.482. The van der Waals surface area contributed by atoms with Crippen LogP contribution < -0.4 is 5.32 Å². The molecule has 7 heteroatoms. The fraction of sp³-hybridized carbons (Fsp3) is 0.545. The van der Waals surface area contributed by atoms with Gasteiger partial charge >= 0.3 is 0 Å². The summed E-state index contributed by atoms with van der Waals surface area (Å²) in [7, 11) is 0. The third-order valence-electron chi connectivity index (χ3n) is 2.76. The lowest BCUT2D eigenvalue weighted by Crippen LogP contribution is -2.30. The van der Waals surface area contributed by atoms with Crippen molar-refractivity contribution in [2.75, 3.05) is 11.9 Å². The van der Waals surface area contributed by atoms with Crippen LogP contribution in [0, 0.1) is 23.0 Å². The fourth-order valence-corrected chi connectivity index (χ4v) is 1.87. The molecule has 0 aliphatic rings. The molecule has 0 bridgehead atoms. The van der Waals surface area contributed by atoms with E-state index in [1.165, 1.54) is 6.20 Å². The molecule has 0 aliphatic carbocycles. The highest BCUT2D eigenvalue weighted by Crippen LogP contribution is 2.31. The summed E-state index contributed by atoms with van der Waals surface area (Å²) in [4.78, 5) is 14.3. The Kier molecular flexibility index (Phi) is 5.03. The lowest BCUT2D eigenvalue weighted by atomic mass is 10.1. The van der Waals surface area contributed by atoms with Crippen molar-refractivity contribution in [3.05, 3.63) is 26.3 Å². The summed E-state index contributed by atoms with van der Waals surface area (Å²) in [6, 6.07) is -0.144. The first-order valence-electron chi connectivity index (χ1n) is 5.55. The van der Waals surface area contributed by atoms with E-state index < -0.39 is 4.92 Å². The molecule has 2 N–H and O–H groups in total. The molecule has 0 saturated carbocycles. The Morgan fingerprint density at radius 1 is 1.61 bits per heavy atom. The number of aliphatic hydroxyl groups is 1. The van der Waals surface area contributed by atoms with Gasteiger partial charge in [-0.15, -0.1) is 0 Å². The molecule has 1 rings (SSSR count). The summed E-state index contributed by atoms with van der Waals surface area (Å²) < 4.78 is 0.552. The average Bonchev–Trinajstić information content (AvgIpc) is 2.30. The van der Waals surface area contributed by atoms with Gasteiger partial charge in [0.2, 0.25) is 0 Å². The summed E-state index contributed by atoms with van der Waals surface area (Å²) in [6.45, 7) is 5.57. The van der Waals surface area contributed by atoms with Crippen LogP contribution in [0.2, 0.25) is 0 Å². The third kappa shape index (κ3) is 3.17. The second kappa shape index (κ2) is 6.10. The van der Waals surface area contributed by atoms with Crippen LogP contribution in [0.3, 0.4) is 0 Å². The SMILES string of the molecule is Cc1c([N+](=O)[O-])cnc(N[C@H](CO)C(C)C)c1Br.